The average molecular weight is 284 g/mol. The van der Waals surface area contributed by atoms with Gasteiger partial charge in [-0.25, -0.2) is 0 Å². The van der Waals surface area contributed by atoms with Gasteiger partial charge >= 0.3 is 0 Å². The Labute approximate surface area is 121 Å². The first-order chi connectivity index (χ1) is 10.1. The molecule has 0 atom stereocenters. The van der Waals surface area contributed by atoms with Crippen LogP contribution in [0.25, 0.3) is 10.9 Å². The summed E-state index contributed by atoms with van der Waals surface area (Å²) in [6.07, 6.45) is 3.25. The van der Waals surface area contributed by atoms with E-state index >= 15 is 0 Å². The van der Waals surface area contributed by atoms with Crippen LogP contribution in [-0.2, 0) is 13.0 Å². The third kappa shape index (κ3) is 2.01. The molecule has 1 aliphatic rings. The molecule has 2 heterocycles. The lowest BCUT2D eigenvalue weighted by Gasteiger charge is -2.21. The zero-order valence-electron chi connectivity index (χ0n) is 11.6. The van der Waals surface area contributed by atoms with Gasteiger partial charge in [0.2, 0.25) is 0 Å². The normalized spacial score (nSPS) is 13.1. The summed E-state index contributed by atoms with van der Waals surface area (Å²) in [6.45, 7) is 4.32. The standard InChI is InChI=1S/C16H16N2O3/c1-2-8-17-15(20)12-14(19)11-7-3-5-10-6-4-9-18(13(10)11)16(12)21/h2-3,5,7,19H,1,4,6,8-9H2,(H,17,20). The fourth-order valence-corrected chi connectivity index (χ4v) is 2.87. The fourth-order valence-electron chi connectivity index (χ4n) is 2.87. The number of carbonyl (C=O) groups is 1. The highest BCUT2D eigenvalue weighted by Gasteiger charge is 2.24. The molecule has 0 fully saturated rings. The largest absolute Gasteiger partial charge is 0.506 e. The average Bonchev–Trinajstić information content (AvgIpc) is 2.50. The van der Waals surface area contributed by atoms with Gasteiger partial charge in [-0.15, -0.1) is 6.58 Å². The molecule has 1 amide bonds. The van der Waals surface area contributed by atoms with Gasteiger partial charge < -0.3 is 15.0 Å². The maximum absolute atomic E-state index is 12.5. The van der Waals surface area contributed by atoms with Gasteiger partial charge in [0.15, 0.2) is 0 Å². The minimum atomic E-state index is -0.570. The summed E-state index contributed by atoms with van der Waals surface area (Å²) in [5.74, 6) is -0.810. The van der Waals surface area contributed by atoms with Gasteiger partial charge in [-0.2, -0.15) is 0 Å². The highest BCUT2D eigenvalue weighted by Crippen LogP contribution is 2.31. The summed E-state index contributed by atoms with van der Waals surface area (Å²) in [5, 5.41) is 13.5. The second-order valence-electron chi connectivity index (χ2n) is 5.10. The van der Waals surface area contributed by atoms with Crippen molar-refractivity contribution in [2.24, 2.45) is 0 Å². The zero-order chi connectivity index (χ0) is 15.0. The van der Waals surface area contributed by atoms with E-state index in [0.717, 1.165) is 23.9 Å². The zero-order valence-corrected chi connectivity index (χ0v) is 11.6. The molecule has 1 aromatic carbocycles. The summed E-state index contributed by atoms with van der Waals surface area (Å²) in [6, 6.07) is 5.52. The lowest BCUT2D eigenvalue weighted by molar-refractivity contribution is 0.0953. The Kier molecular flexibility index (Phi) is 3.25. The van der Waals surface area contributed by atoms with Crippen molar-refractivity contribution in [1.29, 1.82) is 0 Å². The van der Waals surface area contributed by atoms with E-state index in [4.69, 9.17) is 0 Å². The minimum Gasteiger partial charge on any atom is -0.506 e. The number of nitrogens with zero attached hydrogens (tertiary/aromatic N) is 1. The van der Waals surface area contributed by atoms with Crippen LogP contribution in [0.2, 0.25) is 0 Å². The number of aromatic hydroxyl groups is 1. The van der Waals surface area contributed by atoms with E-state index in [1.54, 1.807) is 10.6 Å². The summed E-state index contributed by atoms with van der Waals surface area (Å²) >= 11 is 0. The van der Waals surface area contributed by atoms with E-state index in [1.807, 2.05) is 12.1 Å². The number of hydrogen-bond donors (Lipinski definition) is 2. The number of benzene rings is 1. The molecular weight excluding hydrogens is 268 g/mol. The van der Waals surface area contributed by atoms with Gasteiger partial charge in [-0.05, 0) is 24.5 Å². The molecule has 1 aromatic heterocycles. The molecule has 0 saturated carbocycles. The van der Waals surface area contributed by atoms with E-state index in [2.05, 4.69) is 11.9 Å². The van der Waals surface area contributed by atoms with E-state index < -0.39 is 11.5 Å². The predicted molar refractivity (Wildman–Crippen MR) is 80.7 cm³/mol. The van der Waals surface area contributed by atoms with Crippen LogP contribution in [0.4, 0.5) is 0 Å². The number of carbonyl (C=O) groups excluding carboxylic acids is 1. The van der Waals surface area contributed by atoms with Crippen molar-refractivity contribution in [1.82, 2.24) is 9.88 Å². The highest BCUT2D eigenvalue weighted by atomic mass is 16.3. The van der Waals surface area contributed by atoms with Crippen molar-refractivity contribution in [2.75, 3.05) is 6.54 Å². The van der Waals surface area contributed by atoms with Crippen molar-refractivity contribution >= 4 is 16.8 Å². The third-order valence-electron chi connectivity index (χ3n) is 3.80. The topological polar surface area (TPSA) is 71.3 Å². The van der Waals surface area contributed by atoms with Crippen molar-refractivity contribution < 1.29 is 9.90 Å². The predicted octanol–water partition coefficient (Wildman–Crippen LogP) is 1.57. The number of aromatic nitrogens is 1. The first-order valence-corrected chi connectivity index (χ1v) is 6.91. The molecule has 0 aliphatic carbocycles. The Hall–Kier alpha value is -2.56. The van der Waals surface area contributed by atoms with Crippen LogP contribution in [0.1, 0.15) is 22.3 Å². The number of nitrogens with one attached hydrogen (secondary N) is 1. The summed E-state index contributed by atoms with van der Waals surface area (Å²) in [7, 11) is 0. The van der Waals surface area contributed by atoms with Crippen LogP contribution in [0, 0.1) is 0 Å². The number of amides is 1. The molecule has 5 nitrogen and oxygen atoms in total. The van der Waals surface area contributed by atoms with Gasteiger partial charge in [-0.3, -0.25) is 9.59 Å². The number of para-hydroxylation sites is 1. The van der Waals surface area contributed by atoms with E-state index in [0.29, 0.717) is 11.9 Å². The Morgan fingerprint density at radius 2 is 2.29 bits per heavy atom. The SMILES string of the molecule is C=CCNC(=O)c1c(O)c2cccc3c2n(c1=O)CCC3. The van der Waals surface area contributed by atoms with E-state index in [1.165, 1.54) is 6.08 Å². The number of rotatable bonds is 3. The van der Waals surface area contributed by atoms with Crippen LogP contribution in [0.3, 0.4) is 0 Å². The quantitative estimate of drug-likeness (QED) is 0.840. The Balaban J connectivity index is 2.30. The van der Waals surface area contributed by atoms with E-state index in [-0.39, 0.29) is 17.9 Å². The number of pyridine rings is 1. The molecule has 1 aliphatic heterocycles. The van der Waals surface area contributed by atoms with Gasteiger partial charge in [-0.1, -0.05) is 18.2 Å². The van der Waals surface area contributed by atoms with E-state index in [9.17, 15) is 14.7 Å². The first-order valence-electron chi connectivity index (χ1n) is 6.91. The maximum atomic E-state index is 12.5. The molecule has 0 bridgehead atoms. The molecule has 21 heavy (non-hydrogen) atoms. The molecule has 2 N–H and O–H groups in total. The van der Waals surface area contributed by atoms with Crippen LogP contribution >= 0.6 is 0 Å². The number of hydrogen-bond acceptors (Lipinski definition) is 3. The van der Waals surface area contributed by atoms with Crippen LogP contribution < -0.4 is 10.9 Å². The lowest BCUT2D eigenvalue weighted by Crippen LogP contribution is -2.34. The summed E-state index contributed by atoms with van der Waals surface area (Å²) in [4.78, 5) is 24.7. The monoisotopic (exact) mass is 284 g/mol. The second-order valence-corrected chi connectivity index (χ2v) is 5.10. The highest BCUT2D eigenvalue weighted by molar-refractivity contribution is 6.03. The molecule has 0 radical (unpaired) electrons. The summed E-state index contributed by atoms with van der Waals surface area (Å²) in [5.41, 5.74) is 1.15. The Morgan fingerprint density at radius 1 is 1.48 bits per heavy atom. The third-order valence-corrected chi connectivity index (χ3v) is 3.80. The minimum absolute atomic E-state index is 0.191. The molecule has 0 saturated heterocycles. The van der Waals surface area contributed by atoms with Gasteiger partial charge in [0.1, 0.15) is 11.3 Å². The van der Waals surface area contributed by atoms with Gasteiger partial charge in [0.05, 0.1) is 5.52 Å². The molecular formula is C16H16N2O3. The van der Waals surface area contributed by atoms with Crippen LogP contribution in [0.15, 0.2) is 35.6 Å². The molecule has 0 spiro atoms. The van der Waals surface area contributed by atoms with Gasteiger partial charge in [0, 0.05) is 18.5 Å². The van der Waals surface area contributed by atoms with Crippen LogP contribution in [-0.4, -0.2) is 22.1 Å². The van der Waals surface area contributed by atoms with Crippen molar-refractivity contribution in [3.05, 3.63) is 52.3 Å². The Bertz CT molecular complexity index is 805. The molecule has 5 heteroatoms. The van der Waals surface area contributed by atoms with Crippen LogP contribution in [0.5, 0.6) is 5.75 Å². The molecule has 108 valence electrons. The molecule has 0 unspecified atom stereocenters. The summed E-state index contributed by atoms with van der Waals surface area (Å²) < 4.78 is 1.59. The molecule has 3 rings (SSSR count). The Morgan fingerprint density at radius 3 is 3.05 bits per heavy atom. The van der Waals surface area contributed by atoms with Crippen molar-refractivity contribution in [3.63, 3.8) is 0 Å². The second kappa shape index (κ2) is 5.09. The smallest absolute Gasteiger partial charge is 0.267 e. The fraction of sp³-hybridized carbons (Fsp3) is 0.250. The van der Waals surface area contributed by atoms with Crippen molar-refractivity contribution in [3.8, 4) is 5.75 Å². The first kappa shape index (κ1) is 13.4. The van der Waals surface area contributed by atoms with Gasteiger partial charge in [0.25, 0.3) is 11.5 Å². The number of aryl methyl sites for hydroxylation is 2. The van der Waals surface area contributed by atoms with Crippen molar-refractivity contribution in [2.45, 2.75) is 19.4 Å². The molecule has 2 aromatic rings. The maximum Gasteiger partial charge on any atom is 0.267 e. The lowest BCUT2D eigenvalue weighted by atomic mass is 9.99.